The number of aryl methyl sites for hydroxylation is 1. The van der Waals surface area contributed by atoms with Gasteiger partial charge >= 0.3 is 0 Å². The maximum atomic E-state index is 6.07. The summed E-state index contributed by atoms with van der Waals surface area (Å²) < 4.78 is 5.50. The van der Waals surface area contributed by atoms with Gasteiger partial charge in [0.05, 0.1) is 7.11 Å². The molecule has 0 saturated heterocycles. The van der Waals surface area contributed by atoms with E-state index in [0.29, 0.717) is 6.54 Å². The average molecular weight is 294 g/mol. The molecule has 3 nitrogen and oxygen atoms in total. The average Bonchev–Trinajstić information content (AvgIpc) is 2.88. The van der Waals surface area contributed by atoms with Crippen LogP contribution >= 0.6 is 0 Å². The number of ether oxygens (including phenoxy) is 1. The van der Waals surface area contributed by atoms with E-state index >= 15 is 0 Å². The number of methoxy groups -OCH3 is 1. The minimum atomic E-state index is 0.244. The van der Waals surface area contributed by atoms with E-state index in [0.717, 1.165) is 12.2 Å². The van der Waals surface area contributed by atoms with E-state index in [2.05, 4.69) is 42.2 Å². The second-order valence-corrected chi connectivity index (χ2v) is 5.65. The molecule has 2 aromatic carbocycles. The minimum absolute atomic E-state index is 0.244. The predicted molar refractivity (Wildman–Crippen MR) is 91.5 cm³/mol. The van der Waals surface area contributed by atoms with Crippen LogP contribution in [0.1, 0.15) is 22.7 Å². The Morgan fingerprint density at radius 1 is 1.09 bits per heavy atom. The van der Waals surface area contributed by atoms with Crippen molar-refractivity contribution in [3.8, 4) is 5.75 Å². The van der Waals surface area contributed by atoms with Crippen molar-refractivity contribution in [2.24, 2.45) is 5.73 Å². The van der Waals surface area contributed by atoms with E-state index in [4.69, 9.17) is 10.5 Å². The molecule has 0 saturated carbocycles. The first-order valence-electron chi connectivity index (χ1n) is 7.63. The first-order chi connectivity index (χ1) is 10.7. The van der Waals surface area contributed by atoms with E-state index in [1.807, 2.05) is 18.2 Å². The maximum Gasteiger partial charge on any atom is 0.122 e. The lowest BCUT2D eigenvalue weighted by Gasteiger charge is -2.18. The Bertz CT molecular complexity index is 776. The summed E-state index contributed by atoms with van der Waals surface area (Å²) in [4.78, 5) is 3.46. The lowest BCUT2D eigenvalue weighted by Crippen LogP contribution is -2.16. The fourth-order valence-electron chi connectivity index (χ4n) is 3.17. The molecule has 0 bridgehead atoms. The molecule has 3 N–H and O–H groups in total. The van der Waals surface area contributed by atoms with Crippen LogP contribution in [0.25, 0.3) is 10.9 Å². The number of nitrogens with two attached hydrogens (primary N) is 1. The Kier molecular flexibility index (Phi) is 4.16. The van der Waals surface area contributed by atoms with Crippen LogP contribution in [0.2, 0.25) is 0 Å². The van der Waals surface area contributed by atoms with Crippen molar-refractivity contribution in [1.29, 1.82) is 0 Å². The van der Waals surface area contributed by atoms with Gasteiger partial charge in [0.25, 0.3) is 0 Å². The fourth-order valence-corrected chi connectivity index (χ4v) is 3.17. The second kappa shape index (κ2) is 6.24. The molecule has 0 aliphatic rings. The van der Waals surface area contributed by atoms with E-state index in [-0.39, 0.29) is 5.92 Å². The molecule has 22 heavy (non-hydrogen) atoms. The molecule has 0 spiro atoms. The van der Waals surface area contributed by atoms with Gasteiger partial charge in [-0.3, -0.25) is 0 Å². The van der Waals surface area contributed by atoms with Crippen LogP contribution in [0.5, 0.6) is 5.75 Å². The normalized spacial score (nSPS) is 12.5. The van der Waals surface area contributed by atoms with Crippen LogP contribution in [-0.2, 0) is 6.42 Å². The molecule has 0 amide bonds. The number of para-hydroxylation sites is 2. The molecule has 1 aromatic heterocycles. The SMILES string of the molecule is COc1ccccc1C(CN)Cc1c(C)[nH]c2ccccc12. The summed E-state index contributed by atoms with van der Waals surface area (Å²) >= 11 is 0. The van der Waals surface area contributed by atoms with Crippen LogP contribution in [-0.4, -0.2) is 18.6 Å². The Morgan fingerprint density at radius 2 is 1.82 bits per heavy atom. The molecule has 0 aliphatic heterocycles. The van der Waals surface area contributed by atoms with Gasteiger partial charge in [0, 0.05) is 22.5 Å². The molecule has 1 unspecified atom stereocenters. The van der Waals surface area contributed by atoms with Crippen molar-refractivity contribution in [2.45, 2.75) is 19.3 Å². The third-order valence-electron chi connectivity index (χ3n) is 4.34. The van der Waals surface area contributed by atoms with E-state index < -0.39 is 0 Å². The van der Waals surface area contributed by atoms with Crippen LogP contribution in [0.4, 0.5) is 0 Å². The monoisotopic (exact) mass is 294 g/mol. The number of fused-ring (bicyclic) bond motifs is 1. The lowest BCUT2D eigenvalue weighted by molar-refractivity contribution is 0.405. The van der Waals surface area contributed by atoms with Crippen molar-refractivity contribution in [2.75, 3.05) is 13.7 Å². The smallest absolute Gasteiger partial charge is 0.122 e. The molecule has 3 aromatic rings. The van der Waals surface area contributed by atoms with Crippen molar-refractivity contribution in [3.05, 3.63) is 65.4 Å². The molecule has 1 atom stereocenters. The van der Waals surface area contributed by atoms with Crippen LogP contribution < -0.4 is 10.5 Å². The van der Waals surface area contributed by atoms with Gasteiger partial charge in [0.2, 0.25) is 0 Å². The molecule has 0 aliphatic carbocycles. The molecule has 1 heterocycles. The molecule has 114 valence electrons. The number of rotatable bonds is 5. The van der Waals surface area contributed by atoms with Gasteiger partial charge in [-0.15, -0.1) is 0 Å². The summed E-state index contributed by atoms with van der Waals surface area (Å²) in [6.07, 6.45) is 0.909. The van der Waals surface area contributed by atoms with Gasteiger partial charge in [-0.1, -0.05) is 36.4 Å². The van der Waals surface area contributed by atoms with E-state index in [1.165, 1.54) is 27.7 Å². The van der Waals surface area contributed by atoms with E-state index in [1.54, 1.807) is 7.11 Å². The molecule has 3 rings (SSSR count). The Labute approximate surface area is 131 Å². The minimum Gasteiger partial charge on any atom is -0.496 e. The van der Waals surface area contributed by atoms with Gasteiger partial charge < -0.3 is 15.5 Å². The second-order valence-electron chi connectivity index (χ2n) is 5.65. The third kappa shape index (κ3) is 2.60. The summed E-state index contributed by atoms with van der Waals surface area (Å²) in [5, 5.41) is 1.29. The number of aromatic amines is 1. The summed E-state index contributed by atoms with van der Waals surface area (Å²) in [6.45, 7) is 2.73. The topological polar surface area (TPSA) is 51.0 Å². The zero-order chi connectivity index (χ0) is 15.5. The van der Waals surface area contributed by atoms with E-state index in [9.17, 15) is 0 Å². The van der Waals surface area contributed by atoms with Gasteiger partial charge in [-0.25, -0.2) is 0 Å². The number of H-pyrrole nitrogens is 1. The number of aromatic nitrogens is 1. The Morgan fingerprint density at radius 3 is 2.59 bits per heavy atom. The number of hydrogen-bond acceptors (Lipinski definition) is 2. The van der Waals surface area contributed by atoms with Crippen molar-refractivity contribution < 1.29 is 4.74 Å². The van der Waals surface area contributed by atoms with Gasteiger partial charge in [0.1, 0.15) is 5.75 Å². The Hall–Kier alpha value is -2.26. The highest BCUT2D eigenvalue weighted by Gasteiger charge is 2.18. The van der Waals surface area contributed by atoms with Crippen molar-refractivity contribution in [1.82, 2.24) is 4.98 Å². The van der Waals surface area contributed by atoms with Crippen LogP contribution in [0.3, 0.4) is 0 Å². The molecular formula is C19H22N2O. The van der Waals surface area contributed by atoms with Crippen molar-refractivity contribution in [3.63, 3.8) is 0 Å². The highest BCUT2D eigenvalue weighted by Crippen LogP contribution is 2.32. The molecule has 0 radical (unpaired) electrons. The van der Waals surface area contributed by atoms with Crippen molar-refractivity contribution >= 4 is 10.9 Å². The Balaban J connectivity index is 2.00. The van der Waals surface area contributed by atoms with Crippen LogP contribution in [0, 0.1) is 6.92 Å². The zero-order valence-corrected chi connectivity index (χ0v) is 13.1. The summed E-state index contributed by atoms with van der Waals surface area (Å²) in [5.74, 6) is 1.16. The quantitative estimate of drug-likeness (QED) is 0.752. The summed E-state index contributed by atoms with van der Waals surface area (Å²) in [5.41, 5.74) is 11.0. The number of benzene rings is 2. The maximum absolute atomic E-state index is 6.07. The zero-order valence-electron chi connectivity index (χ0n) is 13.1. The predicted octanol–water partition coefficient (Wildman–Crippen LogP) is 3.77. The first-order valence-corrected chi connectivity index (χ1v) is 7.63. The first kappa shape index (κ1) is 14.7. The van der Waals surface area contributed by atoms with Crippen LogP contribution in [0.15, 0.2) is 48.5 Å². The van der Waals surface area contributed by atoms with Gasteiger partial charge in [-0.2, -0.15) is 0 Å². The summed E-state index contributed by atoms with van der Waals surface area (Å²) in [6, 6.07) is 16.6. The van der Waals surface area contributed by atoms with Gasteiger partial charge in [-0.05, 0) is 43.1 Å². The highest BCUT2D eigenvalue weighted by atomic mass is 16.5. The number of nitrogens with one attached hydrogen (secondary N) is 1. The molecule has 0 fully saturated rings. The third-order valence-corrected chi connectivity index (χ3v) is 4.34. The fraction of sp³-hybridized carbons (Fsp3) is 0.263. The summed E-state index contributed by atoms with van der Waals surface area (Å²) in [7, 11) is 1.71. The standard InChI is InChI=1S/C19H22N2O/c1-13-17(16-8-3-5-9-18(16)21-13)11-14(12-20)15-7-4-6-10-19(15)22-2/h3-10,14,21H,11-12,20H2,1-2H3. The largest absolute Gasteiger partial charge is 0.496 e. The number of hydrogen-bond donors (Lipinski definition) is 2. The lowest BCUT2D eigenvalue weighted by atomic mass is 9.90. The molecule has 3 heteroatoms. The van der Waals surface area contributed by atoms with Gasteiger partial charge in [0.15, 0.2) is 0 Å². The highest BCUT2D eigenvalue weighted by molar-refractivity contribution is 5.84. The molecular weight excluding hydrogens is 272 g/mol.